The highest BCUT2D eigenvalue weighted by molar-refractivity contribution is 9.10. The lowest BCUT2D eigenvalue weighted by Crippen LogP contribution is -2.54. The molecule has 0 aliphatic heterocycles. The van der Waals surface area contributed by atoms with Crippen molar-refractivity contribution in [3.05, 3.63) is 130 Å². The zero-order valence-electron chi connectivity index (χ0n) is 24.6. The first-order valence-corrected chi connectivity index (χ1v) is 16.9. The van der Waals surface area contributed by atoms with Crippen molar-refractivity contribution in [2.24, 2.45) is 0 Å². The number of amides is 2. The third kappa shape index (κ3) is 8.49. The largest absolute Gasteiger partial charge is 0.352 e. The van der Waals surface area contributed by atoms with Gasteiger partial charge >= 0.3 is 0 Å². The van der Waals surface area contributed by atoms with E-state index in [-0.39, 0.29) is 29.8 Å². The molecule has 0 spiro atoms. The Labute approximate surface area is 273 Å². The molecule has 0 unspecified atom stereocenters. The van der Waals surface area contributed by atoms with E-state index in [1.54, 1.807) is 60.7 Å². The van der Waals surface area contributed by atoms with Crippen LogP contribution in [0.1, 0.15) is 31.4 Å². The lowest BCUT2D eigenvalue weighted by atomic mass is 10.0. The summed E-state index contributed by atoms with van der Waals surface area (Å²) in [6.07, 6.45) is 0.926. The van der Waals surface area contributed by atoms with E-state index in [4.69, 9.17) is 11.6 Å². The van der Waals surface area contributed by atoms with Gasteiger partial charge in [0.25, 0.3) is 10.0 Å². The van der Waals surface area contributed by atoms with E-state index in [1.165, 1.54) is 17.0 Å². The summed E-state index contributed by atoms with van der Waals surface area (Å²) in [5.41, 5.74) is 1.80. The van der Waals surface area contributed by atoms with Gasteiger partial charge in [0.05, 0.1) is 10.6 Å². The Morgan fingerprint density at radius 3 is 2.16 bits per heavy atom. The summed E-state index contributed by atoms with van der Waals surface area (Å²) in [5, 5.41) is 3.47. The fourth-order valence-electron chi connectivity index (χ4n) is 4.68. The fraction of sp³-hybridized carbons (Fsp3) is 0.235. The lowest BCUT2D eigenvalue weighted by Gasteiger charge is -2.34. The molecule has 2 amide bonds. The Kier molecular flexibility index (Phi) is 11.6. The molecule has 230 valence electrons. The summed E-state index contributed by atoms with van der Waals surface area (Å²) in [7, 11) is -4.17. The molecule has 1 N–H and O–H groups in total. The molecular weight excluding hydrogens is 662 g/mol. The molecule has 0 radical (unpaired) electrons. The van der Waals surface area contributed by atoms with Gasteiger partial charge in [-0.05, 0) is 60.9 Å². The second-order valence-electron chi connectivity index (χ2n) is 10.4. The lowest BCUT2D eigenvalue weighted by molar-refractivity contribution is -0.140. The predicted octanol–water partition coefficient (Wildman–Crippen LogP) is 6.85. The number of sulfonamides is 1. The summed E-state index contributed by atoms with van der Waals surface area (Å²) in [6.45, 7) is 3.33. The van der Waals surface area contributed by atoms with E-state index < -0.39 is 28.5 Å². The highest BCUT2D eigenvalue weighted by Gasteiger charge is 2.35. The van der Waals surface area contributed by atoms with E-state index in [0.717, 1.165) is 9.87 Å². The van der Waals surface area contributed by atoms with Crippen molar-refractivity contribution in [2.75, 3.05) is 10.8 Å². The number of halogens is 2. The van der Waals surface area contributed by atoms with Crippen LogP contribution >= 0.6 is 27.5 Å². The van der Waals surface area contributed by atoms with Gasteiger partial charge in [0.2, 0.25) is 11.8 Å². The summed E-state index contributed by atoms with van der Waals surface area (Å²) in [6, 6.07) is 30.2. The highest BCUT2D eigenvalue weighted by atomic mass is 79.9. The maximum atomic E-state index is 14.5. The smallest absolute Gasteiger partial charge is 0.264 e. The van der Waals surface area contributed by atoms with Gasteiger partial charge in [-0.15, -0.1) is 0 Å². The third-order valence-electron chi connectivity index (χ3n) is 7.28. The molecule has 2 atom stereocenters. The maximum Gasteiger partial charge on any atom is 0.264 e. The fourth-order valence-corrected chi connectivity index (χ4v) is 6.69. The van der Waals surface area contributed by atoms with Crippen LogP contribution < -0.4 is 9.62 Å². The molecule has 0 aliphatic carbocycles. The number of carbonyl (C=O) groups is 2. The Hall–Kier alpha value is -3.66. The molecule has 0 bridgehead atoms. The van der Waals surface area contributed by atoms with Crippen LogP contribution in [0.15, 0.2) is 119 Å². The van der Waals surface area contributed by atoms with Crippen molar-refractivity contribution in [3.63, 3.8) is 0 Å². The van der Waals surface area contributed by atoms with Crippen LogP contribution in [-0.4, -0.2) is 43.8 Å². The van der Waals surface area contributed by atoms with Crippen LogP contribution in [0.4, 0.5) is 5.69 Å². The quantitative estimate of drug-likeness (QED) is 0.166. The Bertz CT molecular complexity index is 1670. The molecule has 7 nitrogen and oxygen atoms in total. The number of rotatable bonds is 13. The minimum atomic E-state index is -4.17. The van der Waals surface area contributed by atoms with Crippen LogP contribution in [0.2, 0.25) is 5.02 Å². The molecule has 0 aliphatic rings. The number of anilines is 1. The topological polar surface area (TPSA) is 86.8 Å². The highest BCUT2D eigenvalue weighted by Crippen LogP contribution is 2.28. The molecule has 0 saturated carbocycles. The number of carbonyl (C=O) groups excluding carboxylic acids is 2. The first kappa shape index (κ1) is 33.2. The Balaban J connectivity index is 1.81. The molecule has 4 rings (SSSR count). The molecule has 0 fully saturated rings. The monoisotopic (exact) mass is 695 g/mol. The van der Waals surface area contributed by atoms with Crippen molar-refractivity contribution in [2.45, 2.75) is 50.2 Å². The van der Waals surface area contributed by atoms with Crippen LogP contribution in [0, 0.1) is 0 Å². The van der Waals surface area contributed by atoms with Crippen molar-refractivity contribution < 1.29 is 18.0 Å². The van der Waals surface area contributed by atoms with Gasteiger partial charge in [-0.25, -0.2) is 8.42 Å². The van der Waals surface area contributed by atoms with Gasteiger partial charge in [0.15, 0.2) is 0 Å². The number of nitrogens with zero attached hydrogens (tertiary/aromatic N) is 2. The summed E-state index contributed by atoms with van der Waals surface area (Å²) in [4.78, 5) is 29.8. The second-order valence-corrected chi connectivity index (χ2v) is 13.6. The molecule has 0 aromatic heterocycles. The summed E-state index contributed by atoms with van der Waals surface area (Å²) >= 11 is 9.97. The maximum absolute atomic E-state index is 14.5. The average molecular weight is 697 g/mol. The van der Waals surface area contributed by atoms with Crippen LogP contribution in [0.3, 0.4) is 0 Å². The van der Waals surface area contributed by atoms with Crippen LogP contribution in [0.25, 0.3) is 0 Å². The minimum absolute atomic E-state index is 0.00163. The number of hydrogen-bond acceptors (Lipinski definition) is 4. The average Bonchev–Trinajstić information content (AvgIpc) is 3.03. The van der Waals surface area contributed by atoms with Crippen molar-refractivity contribution in [1.82, 2.24) is 10.2 Å². The Morgan fingerprint density at radius 1 is 0.886 bits per heavy atom. The van der Waals surface area contributed by atoms with E-state index in [2.05, 4.69) is 21.2 Å². The van der Waals surface area contributed by atoms with E-state index in [9.17, 15) is 18.0 Å². The standard InChI is InChI=1S/C34H35BrClN3O4S/c1-3-25(2)37-34(41)32(21-26-13-6-4-7-14-26)38(23-27-15-10-11-20-31(27)36)33(40)24-39(29-17-12-16-28(35)22-29)44(42,43)30-18-8-5-9-19-30/h4-20,22,25,32H,3,21,23-24H2,1-2H3,(H,37,41)/t25-,32+/m1/s1. The minimum Gasteiger partial charge on any atom is -0.352 e. The van der Waals surface area contributed by atoms with Gasteiger partial charge in [0.1, 0.15) is 12.6 Å². The SMILES string of the molecule is CC[C@@H](C)NC(=O)[C@H](Cc1ccccc1)N(Cc1ccccc1Cl)C(=O)CN(c1cccc(Br)c1)S(=O)(=O)c1ccccc1. The summed E-state index contributed by atoms with van der Waals surface area (Å²) in [5.74, 6) is -0.881. The van der Waals surface area contributed by atoms with Crippen molar-refractivity contribution >= 4 is 55.1 Å². The molecule has 44 heavy (non-hydrogen) atoms. The van der Waals surface area contributed by atoms with E-state index in [0.29, 0.717) is 27.2 Å². The molecule has 4 aromatic rings. The zero-order valence-corrected chi connectivity index (χ0v) is 27.7. The number of hydrogen-bond donors (Lipinski definition) is 1. The third-order valence-corrected chi connectivity index (χ3v) is 9.93. The normalized spacial score (nSPS) is 12.6. The Morgan fingerprint density at radius 2 is 1.52 bits per heavy atom. The van der Waals surface area contributed by atoms with E-state index >= 15 is 0 Å². The van der Waals surface area contributed by atoms with Crippen LogP contribution in [0.5, 0.6) is 0 Å². The second kappa shape index (κ2) is 15.4. The molecule has 4 aromatic carbocycles. The first-order valence-electron chi connectivity index (χ1n) is 14.3. The first-order chi connectivity index (χ1) is 21.1. The van der Waals surface area contributed by atoms with Gasteiger partial charge < -0.3 is 10.2 Å². The van der Waals surface area contributed by atoms with Crippen LogP contribution in [-0.2, 0) is 32.6 Å². The molecule has 0 heterocycles. The number of nitrogens with one attached hydrogen (secondary N) is 1. The summed E-state index contributed by atoms with van der Waals surface area (Å²) < 4.78 is 29.8. The molecular formula is C34H35BrClN3O4S. The zero-order chi connectivity index (χ0) is 31.7. The van der Waals surface area contributed by atoms with E-state index in [1.807, 2.05) is 50.2 Å². The van der Waals surface area contributed by atoms with Gasteiger partial charge in [-0.2, -0.15) is 0 Å². The van der Waals surface area contributed by atoms with Crippen molar-refractivity contribution in [3.8, 4) is 0 Å². The molecule has 10 heteroatoms. The van der Waals surface area contributed by atoms with Gasteiger partial charge in [0, 0.05) is 28.5 Å². The molecule has 0 saturated heterocycles. The van der Waals surface area contributed by atoms with Gasteiger partial charge in [-0.1, -0.05) is 107 Å². The number of benzene rings is 4. The van der Waals surface area contributed by atoms with Crippen molar-refractivity contribution in [1.29, 1.82) is 0 Å². The van der Waals surface area contributed by atoms with Gasteiger partial charge in [-0.3, -0.25) is 13.9 Å². The predicted molar refractivity (Wildman–Crippen MR) is 179 cm³/mol.